The summed E-state index contributed by atoms with van der Waals surface area (Å²) in [5.74, 6) is 2.78. The quantitative estimate of drug-likeness (QED) is 0.712. The van der Waals surface area contributed by atoms with Gasteiger partial charge < -0.3 is 9.80 Å². The van der Waals surface area contributed by atoms with Crippen molar-refractivity contribution in [2.75, 3.05) is 29.9 Å². The third-order valence-electron chi connectivity index (χ3n) is 4.80. The largest absolute Gasteiger partial charge is 0.353 e. The molecule has 0 radical (unpaired) electrons. The fraction of sp³-hybridized carbons (Fsp3) is 0.500. The topological polar surface area (TPSA) is 75.3 Å². The third-order valence-corrected chi connectivity index (χ3v) is 4.80. The number of hydrogen-bond donors (Lipinski definition) is 0. The van der Waals surface area contributed by atoms with Crippen molar-refractivity contribution < 1.29 is 0 Å². The predicted molar refractivity (Wildman–Crippen MR) is 101 cm³/mol. The lowest BCUT2D eigenvalue weighted by Gasteiger charge is -2.45. The Morgan fingerprint density at radius 1 is 1.12 bits per heavy atom. The third kappa shape index (κ3) is 2.85. The van der Waals surface area contributed by atoms with Crippen LogP contribution in [0.4, 0.5) is 11.6 Å². The first-order valence-electron chi connectivity index (χ1n) is 8.82. The molecule has 8 heteroatoms. The smallest absolute Gasteiger partial charge is 0.178 e. The molecule has 8 nitrogen and oxygen atoms in total. The highest BCUT2D eigenvalue weighted by molar-refractivity contribution is 5.51. The summed E-state index contributed by atoms with van der Waals surface area (Å²) in [5.41, 5.74) is 1.66. The van der Waals surface area contributed by atoms with Crippen LogP contribution in [0.5, 0.6) is 0 Å². The molecule has 0 atom stereocenters. The zero-order chi connectivity index (χ0) is 18.5. The second-order valence-electron chi connectivity index (χ2n) is 7.92. The Hall–Kier alpha value is -2.77. The minimum atomic E-state index is -0.104. The van der Waals surface area contributed by atoms with Crippen molar-refractivity contribution in [2.24, 2.45) is 0 Å². The minimum Gasteiger partial charge on any atom is -0.353 e. The van der Waals surface area contributed by atoms with Crippen LogP contribution < -0.4 is 9.80 Å². The molecule has 1 aliphatic rings. The van der Waals surface area contributed by atoms with Crippen LogP contribution in [0.15, 0.2) is 24.5 Å². The molecular formula is C18H24N8. The summed E-state index contributed by atoms with van der Waals surface area (Å²) in [5, 5.41) is 13.3. The number of rotatable bonds is 3. The second-order valence-corrected chi connectivity index (χ2v) is 7.92. The second kappa shape index (κ2) is 5.89. The van der Waals surface area contributed by atoms with Gasteiger partial charge in [0.25, 0.3) is 0 Å². The number of fused-ring (bicyclic) bond motifs is 1. The SMILES string of the molecule is Cc1cc(N(C)C2CN(c3ccc4nnc(C(C)(C)C)n4n3)C2)ncn1. The van der Waals surface area contributed by atoms with Crippen molar-refractivity contribution in [1.82, 2.24) is 29.8 Å². The maximum atomic E-state index is 4.78. The van der Waals surface area contributed by atoms with Gasteiger partial charge in [-0.25, -0.2) is 9.97 Å². The van der Waals surface area contributed by atoms with Gasteiger partial charge in [-0.15, -0.1) is 15.3 Å². The molecule has 0 unspecified atom stereocenters. The fourth-order valence-corrected chi connectivity index (χ4v) is 3.12. The van der Waals surface area contributed by atoms with Gasteiger partial charge in [-0.2, -0.15) is 4.52 Å². The minimum absolute atomic E-state index is 0.104. The van der Waals surface area contributed by atoms with E-state index in [9.17, 15) is 0 Å². The van der Waals surface area contributed by atoms with Crippen molar-refractivity contribution in [3.05, 3.63) is 36.0 Å². The van der Waals surface area contributed by atoms with Crippen molar-refractivity contribution in [3.8, 4) is 0 Å². The van der Waals surface area contributed by atoms with E-state index in [1.807, 2.05) is 29.6 Å². The van der Waals surface area contributed by atoms with Crippen LogP contribution in [0, 0.1) is 6.92 Å². The van der Waals surface area contributed by atoms with Crippen LogP contribution in [-0.4, -0.2) is 56.0 Å². The summed E-state index contributed by atoms with van der Waals surface area (Å²) in [6.07, 6.45) is 1.62. The molecule has 0 spiro atoms. The van der Waals surface area contributed by atoms with E-state index in [1.54, 1.807) is 6.33 Å². The van der Waals surface area contributed by atoms with Crippen LogP contribution in [0.3, 0.4) is 0 Å². The molecular weight excluding hydrogens is 328 g/mol. The molecule has 1 fully saturated rings. The Balaban J connectivity index is 1.52. The van der Waals surface area contributed by atoms with E-state index >= 15 is 0 Å². The summed E-state index contributed by atoms with van der Waals surface area (Å²) in [7, 11) is 2.08. The number of likely N-dealkylation sites (N-methyl/N-ethyl adjacent to an activating group) is 1. The van der Waals surface area contributed by atoms with Crippen LogP contribution in [0.25, 0.3) is 5.65 Å². The van der Waals surface area contributed by atoms with Crippen LogP contribution in [0.2, 0.25) is 0 Å². The highest BCUT2D eigenvalue weighted by atomic mass is 15.4. The maximum Gasteiger partial charge on any atom is 0.178 e. The van der Waals surface area contributed by atoms with Gasteiger partial charge in [0, 0.05) is 37.3 Å². The number of aromatic nitrogens is 6. The molecule has 3 aromatic rings. The molecule has 0 saturated carbocycles. The highest BCUT2D eigenvalue weighted by Crippen LogP contribution is 2.26. The van der Waals surface area contributed by atoms with Gasteiger partial charge in [0.15, 0.2) is 11.5 Å². The monoisotopic (exact) mass is 352 g/mol. The number of anilines is 2. The summed E-state index contributed by atoms with van der Waals surface area (Å²) in [6.45, 7) is 10.2. The van der Waals surface area contributed by atoms with Gasteiger partial charge in [0.1, 0.15) is 18.0 Å². The molecule has 0 N–H and O–H groups in total. The maximum absolute atomic E-state index is 4.78. The molecule has 0 aliphatic carbocycles. The van der Waals surface area contributed by atoms with Crippen molar-refractivity contribution in [3.63, 3.8) is 0 Å². The number of hydrogen-bond acceptors (Lipinski definition) is 7. The Morgan fingerprint density at radius 2 is 1.88 bits per heavy atom. The Kier molecular flexibility index (Phi) is 3.78. The van der Waals surface area contributed by atoms with Crippen LogP contribution in [-0.2, 0) is 5.41 Å². The highest BCUT2D eigenvalue weighted by Gasteiger charge is 2.32. The lowest BCUT2D eigenvalue weighted by Crippen LogP contribution is -2.59. The average molecular weight is 352 g/mol. The summed E-state index contributed by atoms with van der Waals surface area (Å²) in [6, 6.07) is 6.42. The first-order chi connectivity index (χ1) is 12.3. The van der Waals surface area contributed by atoms with Gasteiger partial charge in [-0.3, -0.25) is 0 Å². The first kappa shape index (κ1) is 16.7. The van der Waals surface area contributed by atoms with Crippen molar-refractivity contribution in [1.29, 1.82) is 0 Å². The molecule has 3 aromatic heterocycles. The molecule has 1 aliphatic heterocycles. The standard InChI is InChI=1S/C18H24N8/c1-12-8-16(20-11-19-12)24(5)13-9-25(10-13)15-7-6-14-21-22-17(18(2,3)4)26(14)23-15/h6-8,11,13H,9-10H2,1-5H3. The summed E-state index contributed by atoms with van der Waals surface area (Å²) in [4.78, 5) is 13.0. The Morgan fingerprint density at radius 3 is 2.58 bits per heavy atom. The van der Waals surface area contributed by atoms with E-state index in [2.05, 4.69) is 57.8 Å². The molecule has 0 amide bonds. The molecule has 4 rings (SSSR count). The lowest BCUT2D eigenvalue weighted by molar-refractivity contribution is 0.483. The van der Waals surface area contributed by atoms with E-state index in [-0.39, 0.29) is 5.41 Å². The molecule has 1 saturated heterocycles. The normalized spacial score (nSPS) is 15.3. The van der Waals surface area contributed by atoms with E-state index in [1.165, 1.54) is 0 Å². The van der Waals surface area contributed by atoms with E-state index < -0.39 is 0 Å². The molecule has 0 aromatic carbocycles. The molecule has 26 heavy (non-hydrogen) atoms. The van der Waals surface area contributed by atoms with Crippen molar-refractivity contribution >= 4 is 17.3 Å². The van der Waals surface area contributed by atoms with Crippen molar-refractivity contribution in [2.45, 2.75) is 39.2 Å². The zero-order valence-corrected chi connectivity index (χ0v) is 15.9. The predicted octanol–water partition coefficient (Wildman–Crippen LogP) is 1.85. The van der Waals surface area contributed by atoms with E-state index in [0.29, 0.717) is 6.04 Å². The molecule has 4 heterocycles. The van der Waals surface area contributed by atoms with Gasteiger partial charge in [-0.05, 0) is 19.1 Å². The van der Waals surface area contributed by atoms with Crippen LogP contribution in [0.1, 0.15) is 32.3 Å². The Labute approximate surface area is 152 Å². The zero-order valence-electron chi connectivity index (χ0n) is 15.9. The number of aryl methyl sites for hydroxylation is 1. The van der Waals surface area contributed by atoms with E-state index in [0.717, 1.165) is 41.9 Å². The Bertz CT molecular complexity index is 936. The number of nitrogens with zero attached hydrogens (tertiary/aromatic N) is 8. The van der Waals surface area contributed by atoms with E-state index in [4.69, 9.17) is 5.10 Å². The van der Waals surface area contributed by atoms with Gasteiger partial charge in [0.05, 0.1) is 6.04 Å². The van der Waals surface area contributed by atoms with Gasteiger partial charge >= 0.3 is 0 Å². The molecule has 136 valence electrons. The summed E-state index contributed by atoms with van der Waals surface area (Å²) >= 11 is 0. The first-order valence-corrected chi connectivity index (χ1v) is 8.82. The fourth-order valence-electron chi connectivity index (χ4n) is 3.12. The lowest BCUT2D eigenvalue weighted by atomic mass is 9.96. The van der Waals surface area contributed by atoms with Gasteiger partial charge in [0.2, 0.25) is 0 Å². The van der Waals surface area contributed by atoms with Crippen LogP contribution >= 0.6 is 0 Å². The summed E-state index contributed by atoms with van der Waals surface area (Å²) < 4.78 is 1.86. The average Bonchev–Trinajstić information content (AvgIpc) is 2.97. The van der Waals surface area contributed by atoms with Gasteiger partial charge in [-0.1, -0.05) is 20.8 Å². The molecule has 0 bridgehead atoms.